The third-order valence-electron chi connectivity index (χ3n) is 5.65. The quantitative estimate of drug-likeness (QED) is 0.693. The van der Waals surface area contributed by atoms with Gasteiger partial charge in [0.25, 0.3) is 0 Å². The van der Waals surface area contributed by atoms with Crippen LogP contribution in [0, 0.1) is 6.92 Å². The van der Waals surface area contributed by atoms with Crippen LogP contribution in [0.25, 0.3) is 0 Å². The molecule has 2 aromatic rings. The van der Waals surface area contributed by atoms with Gasteiger partial charge in [-0.25, -0.2) is 0 Å². The van der Waals surface area contributed by atoms with Gasteiger partial charge in [-0.3, -0.25) is 19.5 Å². The van der Waals surface area contributed by atoms with Gasteiger partial charge >= 0.3 is 0 Å². The van der Waals surface area contributed by atoms with Crippen molar-refractivity contribution in [2.75, 3.05) is 34.4 Å². The van der Waals surface area contributed by atoms with E-state index >= 15 is 0 Å². The maximum Gasteiger partial charge on any atom is 0.237 e. The number of nitrogens with one attached hydrogen (secondary N) is 1. The molecule has 0 saturated carbocycles. The molecule has 1 aliphatic rings. The van der Waals surface area contributed by atoms with Crippen LogP contribution in [0.2, 0.25) is 0 Å². The minimum atomic E-state index is -0.533. The Hall–Kier alpha value is -3.13. The highest BCUT2D eigenvalue weighted by atomic mass is 16.5. The van der Waals surface area contributed by atoms with Gasteiger partial charge in [0.05, 0.1) is 26.7 Å². The Kier molecular flexibility index (Phi) is 7.46. The van der Waals surface area contributed by atoms with E-state index in [0.717, 1.165) is 16.7 Å². The van der Waals surface area contributed by atoms with Crippen LogP contribution in [0.1, 0.15) is 23.1 Å². The van der Waals surface area contributed by atoms with Crippen LogP contribution in [0.4, 0.5) is 0 Å². The van der Waals surface area contributed by atoms with Crippen LogP contribution >= 0.6 is 0 Å². The van der Waals surface area contributed by atoms with Crippen molar-refractivity contribution in [1.29, 1.82) is 0 Å². The Morgan fingerprint density at radius 3 is 2.77 bits per heavy atom. The molecule has 1 aromatic carbocycles. The number of carbonyl (C=O) groups is 2. The normalized spacial score (nSPS) is 16.5. The summed E-state index contributed by atoms with van der Waals surface area (Å²) in [5, 5.41) is 2.89. The summed E-state index contributed by atoms with van der Waals surface area (Å²) in [4.78, 5) is 33.4. The zero-order valence-electron chi connectivity index (χ0n) is 18.6. The van der Waals surface area contributed by atoms with Crippen LogP contribution in [-0.4, -0.2) is 67.0 Å². The number of pyridine rings is 1. The van der Waals surface area contributed by atoms with Crippen molar-refractivity contribution < 1.29 is 19.1 Å². The molecule has 1 N–H and O–H groups in total. The van der Waals surface area contributed by atoms with Crippen LogP contribution in [0.3, 0.4) is 0 Å². The summed E-state index contributed by atoms with van der Waals surface area (Å²) < 4.78 is 10.8. The molecule has 0 aliphatic carbocycles. The van der Waals surface area contributed by atoms with E-state index in [9.17, 15) is 9.59 Å². The molecule has 2 amide bonds. The van der Waals surface area contributed by atoms with Gasteiger partial charge in [0.1, 0.15) is 11.5 Å². The number of amides is 2. The van der Waals surface area contributed by atoms with E-state index in [-0.39, 0.29) is 18.2 Å². The Balaban J connectivity index is 1.71. The zero-order valence-corrected chi connectivity index (χ0v) is 18.6. The van der Waals surface area contributed by atoms with Crippen molar-refractivity contribution in [3.05, 3.63) is 53.3 Å². The molecule has 8 heteroatoms. The Morgan fingerprint density at radius 2 is 2.06 bits per heavy atom. The van der Waals surface area contributed by atoms with Crippen molar-refractivity contribution >= 4 is 11.8 Å². The monoisotopic (exact) mass is 426 g/mol. The summed E-state index contributed by atoms with van der Waals surface area (Å²) in [6.45, 7) is 4.17. The number of benzene rings is 1. The fourth-order valence-corrected chi connectivity index (χ4v) is 3.72. The molecular weight excluding hydrogens is 396 g/mol. The van der Waals surface area contributed by atoms with E-state index in [4.69, 9.17) is 9.47 Å². The first kappa shape index (κ1) is 22.6. The van der Waals surface area contributed by atoms with Gasteiger partial charge in [-0.15, -0.1) is 0 Å². The summed E-state index contributed by atoms with van der Waals surface area (Å²) in [6, 6.07) is 7.00. The average molecular weight is 427 g/mol. The zero-order chi connectivity index (χ0) is 22.4. The number of hydrogen-bond donors (Lipinski definition) is 1. The molecule has 0 spiro atoms. The van der Waals surface area contributed by atoms with Crippen LogP contribution in [-0.2, 0) is 22.7 Å². The molecule has 1 fully saturated rings. The summed E-state index contributed by atoms with van der Waals surface area (Å²) in [6.07, 6.45) is 3.62. The van der Waals surface area contributed by atoms with Crippen molar-refractivity contribution in [2.24, 2.45) is 0 Å². The minimum Gasteiger partial charge on any atom is -0.497 e. The molecule has 8 nitrogen and oxygen atoms in total. The van der Waals surface area contributed by atoms with Crippen LogP contribution < -0.4 is 14.8 Å². The number of methoxy groups -OCH3 is 2. The number of aromatic nitrogens is 1. The van der Waals surface area contributed by atoms with Gasteiger partial charge < -0.3 is 19.7 Å². The molecule has 0 unspecified atom stereocenters. The maximum atomic E-state index is 12.9. The van der Waals surface area contributed by atoms with E-state index in [1.165, 1.54) is 0 Å². The molecule has 0 bridgehead atoms. The van der Waals surface area contributed by atoms with E-state index in [2.05, 4.69) is 10.3 Å². The summed E-state index contributed by atoms with van der Waals surface area (Å²) in [5.41, 5.74) is 3.01. The molecule has 3 rings (SSSR count). The Labute approximate surface area is 183 Å². The molecular formula is C23H30N4O4. The van der Waals surface area contributed by atoms with Crippen molar-refractivity contribution in [3.63, 3.8) is 0 Å². The SMILES string of the molecule is COc1ccc(CN2CCNC(=O)[C@H]2CC(=O)N(C)Cc2ccncc2C)c(OC)c1. The summed E-state index contributed by atoms with van der Waals surface area (Å²) in [7, 11) is 4.98. The first-order valence-electron chi connectivity index (χ1n) is 10.3. The topological polar surface area (TPSA) is 84.0 Å². The van der Waals surface area contributed by atoms with E-state index in [1.54, 1.807) is 38.6 Å². The lowest BCUT2D eigenvalue weighted by atomic mass is 10.0. The highest BCUT2D eigenvalue weighted by Crippen LogP contribution is 2.27. The predicted molar refractivity (Wildman–Crippen MR) is 117 cm³/mol. The van der Waals surface area contributed by atoms with E-state index in [0.29, 0.717) is 37.7 Å². The van der Waals surface area contributed by atoms with Gasteiger partial charge in [0.2, 0.25) is 11.8 Å². The second-order valence-corrected chi connectivity index (χ2v) is 7.71. The van der Waals surface area contributed by atoms with Crippen molar-refractivity contribution in [2.45, 2.75) is 32.5 Å². The third-order valence-corrected chi connectivity index (χ3v) is 5.65. The van der Waals surface area contributed by atoms with Crippen LogP contribution in [0.15, 0.2) is 36.7 Å². The Morgan fingerprint density at radius 1 is 1.26 bits per heavy atom. The molecule has 0 radical (unpaired) electrons. The molecule has 1 aromatic heterocycles. The fraction of sp³-hybridized carbons (Fsp3) is 0.435. The largest absolute Gasteiger partial charge is 0.497 e. The van der Waals surface area contributed by atoms with E-state index in [1.807, 2.05) is 36.1 Å². The molecule has 166 valence electrons. The average Bonchev–Trinajstić information content (AvgIpc) is 2.77. The van der Waals surface area contributed by atoms with Crippen molar-refractivity contribution in [1.82, 2.24) is 20.1 Å². The number of piperazine rings is 1. The first-order valence-corrected chi connectivity index (χ1v) is 10.3. The van der Waals surface area contributed by atoms with Gasteiger partial charge in [0.15, 0.2) is 0 Å². The second-order valence-electron chi connectivity index (χ2n) is 7.71. The predicted octanol–water partition coefficient (Wildman–Crippen LogP) is 1.76. The van der Waals surface area contributed by atoms with Gasteiger partial charge in [-0.2, -0.15) is 0 Å². The van der Waals surface area contributed by atoms with Gasteiger partial charge in [-0.1, -0.05) is 6.07 Å². The molecule has 1 atom stereocenters. The fourth-order valence-electron chi connectivity index (χ4n) is 3.72. The Bertz CT molecular complexity index is 934. The second kappa shape index (κ2) is 10.3. The van der Waals surface area contributed by atoms with Crippen LogP contribution in [0.5, 0.6) is 11.5 Å². The number of hydrogen-bond acceptors (Lipinski definition) is 6. The van der Waals surface area contributed by atoms with Gasteiger partial charge in [0, 0.05) is 57.3 Å². The highest BCUT2D eigenvalue weighted by molar-refractivity contribution is 5.88. The molecule has 1 saturated heterocycles. The van der Waals surface area contributed by atoms with E-state index < -0.39 is 6.04 Å². The highest BCUT2D eigenvalue weighted by Gasteiger charge is 2.33. The number of carbonyl (C=O) groups excluding carboxylic acids is 2. The lowest BCUT2D eigenvalue weighted by Crippen LogP contribution is -2.56. The summed E-state index contributed by atoms with van der Waals surface area (Å²) >= 11 is 0. The standard InChI is InChI=1S/C23H30N4O4/c1-16-13-24-8-7-17(16)14-26(2)22(28)12-20-23(29)25-9-10-27(20)15-18-5-6-19(30-3)11-21(18)31-4/h5-8,11,13,20H,9-10,12,14-15H2,1-4H3,(H,25,29)/t20-/m1/s1. The third kappa shape index (κ3) is 5.52. The van der Waals surface area contributed by atoms with Gasteiger partial charge in [-0.05, 0) is 30.2 Å². The molecule has 2 heterocycles. The number of nitrogens with zero attached hydrogens (tertiary/aromatic N) is 3. The van der Waals surface area contributed by atoms with Crippen molar-refractivity contribution in [3.8, 4) is 11.5 Å². The summed E-state index contributed by atoms with van der Waals surface area (Å²) in [5.74, 6) is 1.20. The molecule has 1 aliphatic heterocycles. The maximum absolute atomic E-state index is 12.9. The lowest BCUT2D eigenvalue weighted by molar-refractivity contribution is -0.138. The molecule has 31 heavy (non-hydrogen) atoms. The first-order chi connectivity index (χ1) is 14.9. The number of ether oxygens (including phenoxy) is 2. The smallest absolute Gasteiger partial charge is 0.237 e. The number of aryl methyl sites for hydroxylation is 1. The number of rotatable bonds is 8. The minimum absolute atomic E-state index is 0.0787. The lowest BCUT2D eigenvalue weighted by Gasteiger charge is -2.35.